The van der Waals surface area contributed by atoms with E-state index < -0.39 is 0 Å². The molecule has 0 unspecified atom stereocenters. The minimum absolute atomic E-state index is 0.308. The third-order valence-corrected chi connectivity index (χ3v) is 5.66. The molecule has 1 aliphatic rings. The molecule has 0 bridgehead atoms. The fraction of sp³-hybridized carbons (Fsp3) is 0.263. The number of hydrogen-bond donors (Lipinski definition) is 1. The van der Waals surface area contributed by atoms with Crippen LogP contribution < -0.4 is 0 Å². The van der Waals surface area contributed by atoms with Gasteiger partial charge in [-0.2, -0.15) is 0 Å². The van der Waals surface area contributed by atoms with Crippen molar-refractivity contribution < 1.29 is 9.90 Å². The summed E-state index contributed by atoms with van der Waals surface area (Å²) in [6.07, 6.45) is 0.905. The van der Waals surface area contributed by atoms with Gasteiger partial charge in [0, 0.05) is 43.9 Å². The number of aromatic hydroxyl groups is 1. The maximum absolute atomic E-state index is 10.8. The van der Waals surface area contributed by atoms with Gasteiger partial charge in [0.25, 0.3) is 0 Å². The third kappa shape index (κ3) is 3.36. The summed E-state index contributed by atoms with van der Waals surface area (Å²) in [5, 5.41) is 11.2. The molecule has 1 N–H and O–H groups in total. The highest BCUT2D eigenvalue weighted by molar-refractivity contribution is 7.21. The molecule has 1 fully saturated rings. The fourth-order valence-electron chi connectivity index (χ4n) is 3.11. The molecule has 0 radical (unpaired) electrons. The van der Waals surface area contributed by atoms with Crippen LogP contribution in [0.3, 0.4) is 0 Å². The Bertz CT molecular complexity index is 868. The van der Waals surface area contributed by atoms with Gasteiger partial charge in [0.2, 0.25) is 6.41 Å². The summed E-state index contributed by atoms with van der Waals surface area (Å²) >= 11 is 1.66. The summed E-state index contributed by atoms with van der Waals surface area (Å²) in [5.41, 5.74) is 2.93. The molecule has 0 aliphatic carbocycles. The molecule has 6 heteroatoms. The molecule has 1 amide bonds. The van der Waals surface area contributed by atoms with E-state index >= 15 is 0 Å². The lowest BCUT2D eigenvalue weighted by Crippen LogP contribution is -2.45. The number of para-hydroxylation sites is 1. The van der Waals surface area contributed by atoms with Gasteiger partial charge in [0.05, 0.1) is 10.2 Å². The second kappa shape index (κ2) is 6.82. The SMILES string of the molecule is O=CN1CCN(Cc2cc(-c3nc4ccccc4s3)ccc2O)CC1. The lowest BCUT2D eigenvalue weighted by Gasteiger charge is -2.32. The maximum atomic E-state index is 10.8. The van der Waals surface area contributed by atoms with Crippen molar-refractivity contribution in [1.29, 1.82) is 0 Å². The van der Waals surface area contributed by atoms with Crippen LogP contribution in [0, 0.1) is 0 Å². The van der Waals surface area contributed by atoms with Crippen LogP contribution in [0.4, 0.5) is 0 Å². The zero-order chi connectivity index (χ0) is 17.2. The van der Waals surface area contributed by atoms with Crippen molar-refractivity contribution in [2.45, 2.75) is 6.54 Å². The van der Waals surface area contributed by atoms with Gasteiger partial charge >= 0.3 is 0 Å². The van der Waals surface area contributed by atoms with Gasteiger partial charge in [-0.05, 0) is 30.3 Å². The van der Waals surface area contributed by atoms with Gasteiger partial charge in [-0.1, -0.05) is 12.1 Å². The van der Waals surface area contributed by atoms with Crippen LogP contribution in [0.1, 0.15) is 5.56 Å². The van der Waals surface area contributed by atoms with E-state index in [4.69, 9.17) is 4.98 Å². The van der Waals surface area contributed by atoms with Gasteiger partial charge < -0.3 is 10.0 Å². The Morgan fingerprint density at radius 1 is 1.12 bits per heavy atom. The average Bonchev–Trinajstić information content (AvgIpc) is 3.08. The van der Waals surface area contributed by atoms with E-state index in [0.29, 0.717) is 12.3 Å². The molecule has 25 heavy (non-hydrogen) atoms. The number of carbonyl (C=O) groups excluding carboxylic acids is 1. The van der Waals surface area contributed by atoms with Gasteiger partial charge in [-0.15, -0.1) is 11.3 Å². The highest BCUT2D eigenvalue weighted by atomic mass is 32.1. The molecule has 3 aromatic rings. The molecule has 128 valence electrons. The van der Waals surface area contributed by atoms with E-state index in [1.165, 1.54) is 0 Å². The highest BCUT2D eigenvalue weighted by Gasteiger charge is 2.17. The number of piperazine rings is 1. The molecule has 5 nitrogen and oxygen atoms in total. The minimum atomic E-state index is 0.308. The second-order valence-corrected chi connectivity index (χ2v) is 7.28. The normalized spacial score (nSPS) is 15.6. The first-order valence-electron chi connectivity index (χ1n) is 8.32. The lowest BCUT2D eigenvalue weighted by atomic mass is 10.1. The monoisotopic (exact) mass is 353 g/mol. The molecule has 0 saturated carbocycles. The topological polar surface area (TPSA) is 56.7 Å². The highest BCUT2D eigenvalue weighted by Crippen LogP contribution is 2.32. The van der Waals surface area contributed by atoms with Crippen LogP contribution in [0.5, 0.6) is 5.75 Å². The van der Waals surface area contributed by atoms with E-state index in [1.54, 1.807) is 22.3 Å². The van der Waals surface area contributed by atoms with Gasteiger partial charge in [-0.25, -0.2) is 4.98 Å². The molecule has 1 aromatic heterocycles. The number of rotatable bonds is 4. The Kier molecular flexibility index (Phi) is 4.38. The summed E-state index contributed by atoms with van der Waals surface area (Å²) in [7, 11) is 0. The van der Waals surface area contributed by atoms with E-state index in [1.807, 2.05) is 30.3 Å². The Hall–Kier alpha value is -2.44. The van der Waals surface area contributed by atoms with E-state index in [2.05, 4.69) is 11.0 Å². The Morgan fingerprint density at radius 3 is 2.68 bits per heavy atom. The van der Waals surface area contributed by atoms with Crippen LogP contribution in [-0.4, -0.2) is 52.5 Å². The van der Waals surface area contributed by atoms with E-state index in [9.17, 15) is 9.90 Å². The zero-order valence-electron chi connectivity index (χ0n) is 13.8. The number of benzene rings is 2. The molecule has 0 spiro atoms. The van der Waals surface area contributed by atoms with E-state index in [0.717, 1.165) is 58.9 Å². The zero-order valence-corrected chi connectivity index (χ0v) is 14.6. The molecule has 4 rings (SSSR count). The summed E-state index contributed by atoms with van der Waals surface area (Å²) in [6.45, 7) is 3.80. The van der Waals surface area contributed by atoms with E-state index in [-0.39, 0.29) is 0 Å². The first-order chi connectivity index (χ1) is 12.2. The maximum Gasteiger partial charge on any atom is 0.209 e. The number of nitrogens with zero attached hydrogens (tertiary/aromatic N) is 3. The Labute approximate surface area is 150 Å². The fourth-order valence-corrected chi connectivity index (χ4v) is 4.07. The minimum Gasteiger partial charge on any atom is -0.508 e. The van der Waals surface area contributed by atoms with Gasteiger partial charge in [0.15, 0.2) is 0 Å². The average molecular weight is 353 g/mol. The summed E-state index contributed by atoms with van der Waals surface area (Å²) in [6, 6.07) is 13.8. The number of hydrogen-bond acceptors (Lipinski definition) is 5. The molecule has 0 atom stereocenters. The van der Waals surface area contributed by atoms with Gasteiger partial charge in [-0.3, -0.25) is 9.69 Å². The quantitative estimate of drug-likeness (QED) is 0.733. The van der Waals surface area contributed by atoms with Crippen LogP contribution >= 0.6 is 11.3 Å². The van der Waals surface area contributed by atoms with Crippen LogP contribution in [0.25, 0.3) is 20.8 Å². The van der Waals surface area contributed by atoms with Crippen LogP contribution in [0.2, 0.25) is 0 Å². The number of carbonyl (C=O) groups is 1. The first kappa shape index (κ1) is 16.1. The molecular formula is C19H19N3O2S. The number of aromatic nitrogens is 1. The Balaban J connectivity index is 1.57. The summed E-state index contributed by atoms with van der Waals surface area (Å²) < 4.78 is 1.16. The number of fused-ring (bicyclic) bond motifs is 1. The van der Waals surface area contributed by atoms with Crippen molar-refractivity contribution in [3.63, 3.8) is 0 Å². The number of thiazole rings is 1. The van der Waals surface area contributed by atoms with Crippen molar-refractivity contribution >= 4 is 28.0 Å². The molecule has 1 aliphatic heterocycles. The van der Waals surface area contributed by atoms with Crippen molar-refractivity contribution in [2.24, 2.45) is 0 Å². The standard InChI is InChI=1S/C19H19N3O2S/c23-13-22-9-7-21(8-10-22)12-15-11-14(5-6-17(15)24)19-20-16-3-1-2-4-18(16)25-19/h1-6,11,13,24H,7-10,12H2. The third-order valence-electron chi connectivity index (χ3n) is 4.57. The van der Waals surface area contributed by atoms with Gasteiger partial charge in [0.1, 0.15) is 10.8 Å². The smallest absolute Gasteiger partial charge is 0.209 e. The number of amides is 1. The molecule has 1 saturated heterocycles. The van der Waals surface area contributed by atoms with Crippen molar-refractivity contribution in [1.82, 2.24) is 14.8 Å². The van der Waals surface area contributed by atoms with Crippen LogP contribution in [0.15, 0.2) is 42.5 Å². The number of phenols is 1. The molecule has 2 heterocycles. The summed E-state index contributed by atoms with van der Waals surface area (Å²) in [4.78, 5) is 19.6. The van der Waals surface area contributed by atoms with Crippen molar-refractivity contribution in [2.75, 3.05) is 26.2 Å². The Morgan fingerprint density at radius 2 is 1.92 bits per heavy atom. The summed E-state index contributed by atoms with van der Waals surface area (Å²) in [5.74, 6) is 0.308. The van der Waals surface area contributed by atoms with Crippen LogP contribution in [-0.2, 0) is 11.3 Å². The lowest BCUT2D eigenvalue weighted by molar-refractivity contribution is -0.119. The number of phenolic OH excluding ortho intramolecular Hbond substituents is 1. The predicted octanol–water partition coefficient (Wildman–Crippen LogP) is 2.94. The van der Waals surface area contributed by atoms with Crippen molar-refractivity contribution in [3.8, 4) is 16.3 Å². The molecule has 2 aromatic carbocycles. The van der Waals surface area contributed by atoms with Crippen molar-refractivity contribution in [3.05, 3.63) is 48.0 Å². The second-order valence-electron chi connectivity index (χ2n) is 6.25. The first-order valence-corrected chi connectivity index (χ1v) is 9.14. The molecular weight excluding hydrogens is 334 g/mol. The predicted molar refractivity (Wildman–Crippen MR) is 99.6 cm³/mol. The largest absolute Gasteiger partial charge is 0.508 e.